The Labute approximate surface area is 162 Å². The van der Waals surface area contributed by atoms with Crippen LogP contribution in [0.1, 0.15) is 50.0 Å². The molecular weight excluding hydrogens is 358 g/mol. The van der Waals surface area contributed by atoms with E-state index in [0.717, 1.165) is 31.4 Å². The fourth-order valence-corrected chi connectivity index (χ4v) is 3.86. The lowest BCUT2D eigenvalue weighted by Gasteiger charge is -2.27. The number of carbonyl (C=O) groups excluding carboxylic acids is 2. The first kappa shape index (κ1) is 18.2. The van der Waals surface area contributed by atoms with Crippen LogP contribution in [-0.2, 0) is 9.59 Å². The Morgan fingerprint density at radius 1 is 1.07 bits per heavy atom. The van der Waals surface area contributed by atoms with Crippen LogP contribution in [0.15, 0.2) is 35.1 Å². The quantitative estimate of drug-likeness (QED) is 0.649. The van der Waals surface area contributed by atoms with E-state index >= 15 is 0 Å². The lowest BCUT2D eigenvalue weighted by atomic mass is 9.90. The van der Waals surface area contributed by atoms with Crippen LogP contribution in [0.3, 0.4) is 0 Å². The highest BCUT2D eigenvalue weighted by Crippen LogP contribution is 2.30. The van der Waals surface area contributed by atoms with Gasteiger partial charge in [-0.15, -0.1) is 0 Å². The number of benzene rings is 1. The molecule has 4 N–H and O–H groups in total. The van der Waals surface area contributed by atoms with Gasteiger partial charge in [-0.25, -0.2) is 0 Å². The number of para-hydroxylation sites is 1. The van der Waals surface area contributed by atoms with Gasteiger partial charge in [0.25, 0.3) is 5.56 Å². The van der Waals surface area contributed by atoms with Gasteiger partial charge in [-0.05, 0) is 25.0 Å². The molecule has 8 nitrogen and oxygen atoms in total. The molecule has 1 atom stereocenters. The van der Waals surface area contributed by atoms with Crippen LogP contribution in [0.4, 0.5) is 17.5 Å². The number of H-pyrrole nitrogens is 1. The number of anilines is 3. The molecule has 2 aliphatic rings. The smallest absolute Gasteiger partial charge is 0.258 e. The maximum absolute atomic E-state index is 12.8. The number of rotatable bonds is 4. The Kier molecular flexibility index (Phi) is 5.10. The van der Waals surface area contributed by atoms with E-state index in [1.54, 1.807) is 0 Å². The Morgan fingerprint density at radius 3 is 2.57 bits per heavy atom. The molecular formula is C20H23N5O3. The predicted molar refractivity (Wildman–Crippen MR) is 106 cm³/mol. The SMILES string of the molecule is O=C1CC(C(=O)NC2CCCCC2)c2c(nc(Nc3ccccc3)[nH]c2=O)N1. The summed E-state index contributed by atoms with van der Waals surface area (Å²) in [6.07, 6.45) is 5.17. The molecule has 1 saturated carbocycles. The van der Waals surface area contributed by atoms with Gasteiger partial charge in [-0.3, -0.25) is 19.4 Å². The molecule has 2 aromatic rings. The number of aromatic amines is 1. The second kappa shape index (κ2) is 7.84. The van der Waals surface area contributed by atoms with Gasteiger partial charge >= 0.3 is 0 Å². The van der Waals surface area contributed by atoms with Crippen molar-refractivity contribution in [2.75, 3.05) is 10.6 Å². The van der Waals surface area contributed by atoms with E-state index in [9.17, 15) is 14.4 Å². The fraction of sp³-hybridized carbons (Fsp3) is 0.400. The number of amides is 2. The number of nitrogens with one attached hydrogen (secondary N) is 4. The Balaban J connectivity index is 1.59. The molecule has 28 heavy (non-hydrogen) atoms. The Morgan fingerprint density at radius 2 is 1.82 bits per heavy atom. The van der Waals surface area contributed by atoms with Gasteiger partial charge in [0.05, 0.1) is 11.5 Å². The number of aromatic nitrogens is 2. The molecule has 0 spiro atoms. The molecule has 0 bridgehead atoms. The van der Waals surface area contributed by atoms with E-state index in [0.29, 0.717) is 0 Å². The maximum Gasteiger partial charge on any atom is 0.258 e. The maximum atomic E-state index is 12.8. The first-order chi connectivity index (χ1) is 13.6. The van der Waals surface area contributed by atoms with Crippen molar-refractivity contribution in [3.8, 4) is 0 Å². The van der Waals surface area contributed by atoms with Crippen molar-refractivity contribution in [2.24, 2.45) is 0 Å². The highest BCUT2D eigenvalue weighted by Gasteiger charge is 2.35. The van der Waals surface area contributed by atoms with E-state index in [2.05, 4.69) is 25.9 Å². The zero-order valence-electron chi connectivity index (χ0n) is 15.5. The second-order valence-electron chi connectivity index (χ2n) is 7.32. The third-order valence-electron chi connectivity index (χ3n) is 5.26. The number of carbonyl (C=O) groups is 2. The minimum Gasteiger partial charge on any atom is -0.353 e. The third-order valence-corrected chi connectivity index (χ3v) is 5.26. The van der Waals surface area contributed by atoms with Crippen LogP contribution in [0.5, 0.6) is 0 Å². The van der Waals surface area contributed by atoms with Crippen molar-refractivity contribution in [3.05, 3.63) is 46.2 Å². The van der Waals surface area contributed by atoms with Crippen LogP contribution in [0.2, 0.25) is 0 Å². The summed E-state index contributed by atoms with van der Waals surface area (Å²) in [5, 5.41) is 8.64. The molecule has 1 aromatic heterocycles. The zero-order valence-corrected chi connectivity index (χ0v) is 15.5. The first-order valence-electron chi connectivity index (χ1n) is 9.66. The minimum absolute atomic E-state index is 0.0538. The largest absolute Gasteiger partial charge is 0.353 e. The molecule has 146 valence electrons. The van der Waals surface area contributed by atoms with Crippen molar-refractivity contribution in [3.63, 3.8) is 0 Å². The average molecular weight is 381 g/mol. The topological polar surface area (TPSA) is 116 Å². The molecule has 8 heteroatoms. The van der Waals surface area contributed by atoms with Gasteiger partial charge in [-0.1, -0.05) is 37.5 Å². The van der Waals surface area contributed by atoms with Crippen molar-refractivity contribution >= 4 is 29.3 Å². The number of hydrogen-bond donors (Lipinski definition) is 4. The van der Waals surface area contributed by atoms with Gasteiger partial charge in [0.15, 0.2) is 0 Å². The highest BCUT2D eigenvalue weighted by atomic mass is 16.2. The molecule has 4 rings (SSSR count). The van der Waals surface area contributed by atoms with Crippen molar-refractivity contribution in [2.45, 2.75) is 50.5 Å². The van der Waals surface area contributed by atoms with E-state index in [4.69, 9.17) is 0 Å². The molecule has 0 saturated heterocycles. The summed E-state index contributed by atoms with van der Waals surface area (Å²) in [7, 11) is 0. The van der Waals surface area contributed by atoms with Gasteiger partial charge < -0.3 is 16.0 Å². The Bertz CT molecular complexity index is 935. The molecule has 1 aliphatic carbocycles. The van der Waals surface area contributed by atoms with Crippen LogP contribution in [-0.4, -0.2) is 27.8 Å². The monoisotopic (exact) mass is 381 g/mol. The molecule has 1 aromatic carbocycles. The van der Waals surface area contributed by atoms with Crippen LogP contribution in [0, 0.1) is 0 Å². The number of fused-ring (bicyclic) bond motifs is 1. The molecule has 1 fully saturated rings. The molecule has 1 aliphatic heterocycles. The lowest BCUT2D eigenvalue weighted by molar-refractivity contribution is -0.127. The van der Waals surface area contributed by atoms with Crippen molar-refractivity contribution in [1.29, 1.82) is 0 Å². The van der Waals surface area contributed by atoms with Crippen LogP contribution < -0.4 is 21.5 Å². The standard InChI is InChI=1S/C20H23N5O3/c26-15-11-14(18(27)21-12-7-3-1-4-8-12)16-17(23-15)24-20(25-19(16)28)22-13-9-5-2-6-10-13/h2,5-6,9-10,12,14H,1,3-4,7-8,11H2,(H,21,27)(H3,22,23,24,25,26,28). The summed E-state index contributed by atoms with van der Waals surface area (Å²) in [5.41, 5.74) is 0.540. The number of nitrogens with zero attached hydrogens (tertiary/aromatic N) is 1. The highest BCUT2D eigenvalue weighted by molar-refractivity contribution is 6.00. The van der Waals surface area contributed by atoms with Gasteiger partial charge in [0.2, 0.25) is 17.8 Å². The molecule has 0 radical (unpaired) electrons. The summed E-state index contributed by atoms with van der Waals surface area (Å²) in [5.74, 6) is -1.07. The summed E-state index contributed by atoms with van der Waals surface area (Å²) in [4.78, 5) is 44.7. The zero-order chi connectivity index (χ0) is 19.5. The molecule has 2 heterocycles. The summed E-state index contributed by atoms with van der Waals surface area (Å²) in [6, 6.07) is 9.36. The minimum atomic E-state index is -0.826. The fourth-order valence-electron chi connectivity index (χ4n) is 3.86. The number of hydrogen-bond acceptors (Lipinski definition) is 5. The summed E-state index contributed by atoms with van der Waals surface area (Å²) < 4.78 is 0. The van der Waals surface area contributed by atoms with E-state index in [1.807, 2.05) is 30.3 Å². The van der Waals surface area contributed by atoms with E-state index in [1.165, 1.54) is 6.42 Å². The molecule has 1 unspecified atom stereocenters. The third kappa shape index (κ3) is 3.90. The van der Waals surface area contributed by atoms with Crippen molar-refractivity contribution < 1.29 is 9.59 Å². The van der Waals surface area contributed by atoms with Crippen LogP contribution >= 0.6 is 0 Å². The first-order valence-corrected chi connectivity index (χ1v) is 9.66. The summed E-state index contributed by atoms with van der Waals surface area (Å²) in [6.45, 7) is 0. The Hall–Kier alpha value is -3.16. The lowest BCUT2D eigenvalue weighted by Crippen LogP contribution is -2.43. The van der Waals surface area contributed by atoms with E-state index in [-0.39, 0.29) is 41.6 Å². The van der Waals surface area contributed by atoms with Crippen molar-refractivity contribution in [1.82, 2.24) is 15.3 Å². The van der Waals surface area contributed by atoms with Crippen LogP contribution in [0.25, 0.3) is 0 Å². The van der Waals surface area contributed by atoms with Gasteiger partial charge in [0.1, 0.15) is 5.82 Å². The normalized spacial score (nSPS) is 19.4. The summed E-state index contributed by atoms with van der Waals surface area (Å²) >= 11 is 0. The average Bonchev–Trinajstić information content (AvgIpc) is 2.68. The molecule has 2 amide bonds. The second-order valence-corrected chi connectivity index (χ2v) is 7.32. The van der Waals surface area contributed by atoms with E-state index < -0.39 is 11.5 Å². The predicted octanol–water partition coefficient (Wildman–Crippen LogP) is 2.39. The van der Waals surface area contributed by atoms with Gasteiger partial charge in [0, 0.05) is 18.2 Å². The van der Waals surface area contributed by atoms with Gasteiger partial charge in [-0.2, -0.15) is 4.98 Å².